The monoisotopic (exact) mass is 446 g/mol. The molecular weight excluding hydrogens is 424 g/mol. The van der Waals surface area contributed by atoms with Gasteiger partial charge in [0.05, 0.1) is 38.7 Å². The zero-order chi connectivity index (χ0) is 22.8. The minimum Gasteiger partial charge on any atom is -0.504 e. The number of rotatable bonds is 4. The van der Waals surface area contributed by atoms with Gasteiger partial charge < -0.3 is 43.7 Å². The summed E-state index contributed by atoms with van der Waals surface area (Å²) in [7, 11) is 4.42. The maximum absolute atomic E-state index is 12.8. The van der Waals surface area contributed by atoms with E-state index in [1.54, 1.807) is 18.2 Å². The van der Waals surface area contributed by atoms with Gasteiger partial charge in [-0.25, -0.2) is 0 Å². The lowest BCUT2D eigenvalue weighted by atomic mass is 9.64. The number of benzene rings is 2. The van der Waals surface area contributed by atoms with Crippen molar-refractivity contribution in [2.45, 2.75) is 11.7 Å². The average molecular weight is 446 g/mol. The van der Waals surface area contributed by atoms with Crippen LogP contribution in [0.4, 0.5) is 0 Å². The summed E-state index contributed by atoms with van der Waals surface area (Å²) in [5.74, 6) is -4.92. The number of methoxy groups -OCH3 is 3. The number of hydrogen-bond donors (Lipinski definition) is 3. The molecule has 1 saturated heterocycles. The summed E-state index contributed by atoms with van der Waals surface area (Å²) in [5.41, 5.74) is 0.717. The lowest BCUT2D eigenvalue weighted by Crippen LogP contribution is -2.46. The second-order valence-corrected chi connectivity index (χ2v) is 7.85. The molecule has 10 heteroatoms. The molecule has 2 aliphatic heterocycles. The number of esters is 1. The standard InChI is InChI=1S/C22H22O10/c1-27-12-4-9(5-13(28-2)19(12)29-3)15-10-6-14-20(32-8-31-14)18(23)17(10)22(25,26)11-7-30-21(24)16(11)15/h4-6,11,15-16,23,25-26H,7-8H2,1-3H3/t11-,15+,16-/m0/s1. The molecule has 0 bridgehead atoms. The summed E-state index contributed by atoms with van der Waals surface area (Å²) >= 11 is 0. The molecule has 0 spiro atoms. The highest BCUT2D eigenvalue weighted by Crippen LogP contribution is 2.60. The van der Waals surface area contributed by atoms with Crippen molar-refractivity contribution in [1.29, 1.82) is 0 Å². The van der Waals surface area contributed by atoms with Crippen LogP contribution in [-0.4, -0.2) is 56.0 Å². The quantitative estimate of drug-likeness (QED) is 0.465. The second kappa shape index (κ2) is 7.07. The van der Waals surface area contributed by atoms with Gasteiger partial charge in [-0.05, 0) is 29.3 Å². The highest BCUT2D eigenvalue weighted by molar-refractivity contribution is 5.80. The number of ether oxygens (including phenoxy) is 6. The molecule has 5 rings (SSSR count). The molecule has 2 aromatic carbocycles. The average Bonchev–Trinajstić information content (AvgIpc) is 3.40. The Morgan fingerprint density at radius 2 is 1.69 bits per heavy atom. The summed E-state index contributed by atoms with van der Waals surface area (Å²) in [4.78, 5) is 12.8. The van der Waals surface area contributed by atoms with E-state index in [-0.39, 0.29) is 30.5 Å². The number of hydrogen-bond acceptors (Lipinski definition) is 10. The van der Waals surface area contributed by atoms with Crippen molar-refractivity contribution >= 4 is 5.97 Å². The minimum absolute atomic E-state index is 0.0172. The molecule has 0 saturated carbocycles. The Morgan fingerprint density at radius 3 is 2.31 bits per heavy atom. The van der Waals surface area contributed by atoms with Crippen LogP contribution < -0.4 is 23.7 Å². The number of carbonyl (C=O) groups excluding carboxylic acids is 1. The molecule has 2 aromatic rings. The summed E-state index contributed by atoms with van der Waals surface area (Å²) < 4.78 is 32.3. The van der Waals surface area contributed by atoms with E-state index in [1.807, 2.05) is 0 Å². The van der Waals surface area contributed by atoms with Crippen molar-refractivity contribution in [2.75, 3.05) is 34.7 Å². The highest BCUT2D eigenvalue weighted by atomic mass is 16.7. The fourth-order valence-corrected chi connectivity index (χ4v) is 4.99. The van der Waals surface area contributed by atoms with Crippen molar-refractivity contribution in [3.8, 4) is 34.5 Å². The number of phenols is 1. The molecule has 32 heavy (non-hydrogen) atoms. The Labute approximate surface area is 182 Å². The lowest BCUT2D eigenvalue weighted by Gasteiger charge is -2.41. The molecule has 0 radical (unpaired) electrons. The van der Waals surface area contributed by atoms with Crippen molar-refractivity contribution < 1.29 is 48.5 Å². The van der Waals surface area contributed by atoms with Crippen LogP contribution in [0.15, 0.2) is 18.2 Å². The van der Waals surface area contributed by atoms with Crippen LogP contribution in [0.1, 0.15) is 22.6 Å². The first-order valence-electron chi connectivity index (χ1n) is 9.90. The maximum atomic E-state index is 12.8. The Hall–Kier alpha value is -3.37. The Balaban J connectivity index is 1.81. The number of fused-ring (bicyclic) bond motifs is 3. The van der Waals surface area contributed by atoms with E-state index in [9.17, 15) is 20.1 Å². The van der Waals surface area contributed by atoms with E-state index >= 15 is 0 Å². The van der Waals surface area contributed by atoms with Gasteiger partial charge >= 0.3 is 5.97 Å². The van der Waals surface area contributed by atoms with Gasteiger partial charge in [-0.15, -0.1) is 0 Å². The third-order valence-corrected chi connectivity index (χ3v) is 6.40. The molecule has 0 amide bonds. The predicted octanol–water partition coefficient (Wildman–Crippen LogP) is 1.22. The third kappa shape index (κ3) is 2.63. The number of carbonyl (C=O) groups is 1. The fraction of sp³-hybridized carbons (Fsp3) is 0.409. The third-order valence-electron chi connectivity index (χ3n) is 6.40. The van der Waals surface area contributed by atoms with Crippen LogP contribution >= 0.6 is 0 Å². The molecule has 3 N–H and O–H groups in total. The highest BCUT2D eigenvalue weighted by Gasteiger charge is 2.60. The Morgan fingerprint density at radius 1 is 1.00 bits per heavy atom. The molecule has 3 aliphatic rings. The van der Waals surface area contributed by atoms with Crippen LogP contribution in [-0.2, 0) is 15.3 Å². The SMILES string of the molecule is COc1cc([C@@H]2c3cc4c(c(O)c3C(O)(O)[C@H]3COC(=O)[C@H]23)OCO4)cc(OC)c1OC. The maximum Gasteiger partial charge on any atom is 0.310 e. The predicted molar refractivity (Wildman–Crippen MR) is 106 cm³/mol. The van der Waals surface area contributed by atoms with Gasteiger partial charge in [0, 0.05) is 5.92 Å². The van der Waals surface area contributed by atoms with Crippen LogP contribution in [0.25, 0.3) is 0 Å². The summed E-state index contributed by atoms with van der Waals surface area (Å²) in [6.07, 6.45) is 0. The molecule has 170 valence electrons. The molecule has 3 atom stereocenters. The van der Waals surface area contributed by atoms with E-state index in [0.717, 1.165) is 0 Å². The Kier molecular flexibility index (Phi) is 4.54. The van der Waals surface area contributed by atoms with Gasteiger partial charge in [-0.2, -0.15) is 0 Å². The van der Waals surface area contributed by atoms with Crippen molar-refractivity contribution in [2.24, 2.45) is 11.8 Å². The van der Waals surface area contributed by atoms with Gasteiger partial charge in [-0.3, -0.25) is 4.79 Å². The zero-order valence-corrected chi connectivity index (χ0v) is 17.6. The summed E-state index contributed by atoms with van der Waals surface area (Å²) in [6, 6.07) is 4.91. The van der Waals surface area contributed by atoms with Gasteiger partial charge in [0.1, 0.15) is 6.61 Å². The lowest BCUT2D eigenvalue weighted by molar-refractivity contribution is -0.224. The minimum atomic E-state index is -2.53. The number of phenolic OH excluding ortho intramolecular Hbond substituents is 1. The smallest absolute Gasteiger partial charge is 0.310 e. The summed E-state index contributed by atoms with van der Waals surface area (Å²) in [5, 5.41) is 33.1. The van der Waals surface area contributed by atoms with E-state index in [2.05, 4.69) is 0 Å². The van der Waals surface area contributed by atoms with Crippen LogP contribution in [0.3, 0.4) is 0 Å². The van der Waals surface area contributed by atoms with Gasteiger partial charge in [0.25, 0.3) is 0 Å². The van der Waals surface area contributed by atoms with Gasteiger partial charge in [0.2, 0.25) is 24.1 Å². The van der Waals surface area contributed by atoms with Crippen molar-refractivity contribution in [3.63, 3.8) is 0 Å². The first kappa shape index (κ1) is 20.5. The first-order chi connectivity index (χ1) is 15.3. The van der Waals surface area contributed by atoms with Crippen molar-refractivity contribution in [3.05, 3.63) is 34.9 Å². The van der Waals surface area contributed by atoms with E-state index in [1.165, 1.54) is 21.3 Å². The van der Waals surface area contributed by atoms with Crippen LogP contribution in [0, 0.1) is 11.8 Å². The van der Waals surface area contributed by atoms with E-state index < -0.39 is 35.3 Å². The second-order valence-electron chi connectivity index (χ2n) is 7.85. The molecule has 0 unspecified atom stereocenters. The largest absolute Gasteiger partial charge is 0.504 e. The number of cyclic esters (lactones) is 1. The first-order valence-corrected chi connectivity index (χ1v) is 9.90. The van der Waals surface area contributed by atoms with Crippen molar-refractivity contribution in [1.82, 2.24) is 0 Å². The van der Waals surface area contributed by atoms with E-state index in [0.29, 0.717) is 28.4 Å². The normalized spacial score (nSPS) is 24.4. The topological polar surface area (TPSA) is 133 Å². The summed E-state index contributed by atoms with van der Waals surface area (Å²) in [6.45, 7) is -0.343. The number of aromatic hydroxyl groups is 1. The van der Waals surface area contributed by atoms with Crippen LogP contribution in [0.2, 0.25) is 0 Å². The molecular formula is C22H22O10. The van der Waals surface area contributed by atoms with E-state index in [4.69, 9.17) is 28.4 Å². The zero-order valence-electron chi connectivity index (χ0n) is 17.6. The molecule has 1 aliphatic carbocycles. The molecule has 1 fully saturated rings. The fourth-order valence-electron chi connectivity index (χ4n) is 4.99. The molecule has 10 nitrogen and oxygen atoms in total. The molecule has 2 heterocycles. The molecule has 0 aromatic heterocycles. The van der Waals surface area contributed by atoms with Crippen LogP contribution in [0.5, 0.6) is 34.5 Å². The van der Waals surface area contributed by atoms with Gasteiger partial charge in [0.15, 0.2) is 23.0 Å². The Bertz CT molecular complexity index is 1080. The van der Waals surface area contributed by atoms with Gasteiger partial charge in [-0.1, -0.05) is 0 Å². The number of aliphatic hydroxyl groups is 2.